The average Bonchev–Trinajstić information content (AvgIpc) is 3.35. The zero-order chi connectivity index (χ0) is 20.5. The van der Waals surface area contributed by atoms with E-state index in [1.165, 1.54) is 16.7 Å². The van der Waals surface area contributed by atoms with Crippen molar-refractivity contribution in [3.63, 3.8) is 0 Å². The van der Waals surface area contributed by atoms with Gasteiger partial charge in [-0.3, -0.25) is 4.79 Å². The summed E-state index contributed by atoms with van der Waals surface area (Å²) in [5.74, 6) is -0.149. The minimum Gasteiger partial charge on any atom is -0.376 e. The molecule has 1 saturated heterocycles. The lowest BCUT2D eigenvalue weighted by molar-refractivity contribution is 0.0859. The summed E-state index contributed by atoms with van der Waals surface area (Å²) in [6, 6.07) is 6.52. The first kappa shape index (κ1) is 19.6. The molecule has 6 heteroatoms. The smallest absolute Gasteiger partial charge is 0.256 e. The molecule has 3 aromatic rings. The molecule has 152 valence electrons. The zero-order valence-corrected chi connectivity index (χ0v) is 17.6. The van der Waals surface area contributed by atoms with E-state index in [-0.39, 0.29) is 12.0 Å². The van der Waals surface area contributed by atoms with Gasteiger partial charge in [-0.1, -0.05) is 23.8 Å². The normalized spacial score (nSPS) is 16.5. The molecule has 29 heavy (non-hydrogen) atoms. The second kappa shape index (κ2) is 7.95. The Kier molecular flexibility index (Phi) is 5.37. The number of aryl methyl sites for hydroxylation is 4. The number of ether oxygens (including phenoxy) is 1. The van der Waals surface area contributed by atoms with E-state index >= 15 is 0 Å². The predicted molar refractivity (Wildman–Crippen MR) is 112 cm³/mol. The SMILES string of the molecule is Cc1ccc(C)c(Cc2c(C)nc3c(C(=O)NC[C@H]4CCCO4)cnn3c2C)c1. The Morgan fingerprint density at radius 1 is 1.28 bits per heavy atom. The van der Waals surface area contributed by atoms with Crippen molar-refractivity contribution in [2.45, 2.75) is 53.1 Å². The van der Waals surface area contributed by atoms with Crippen LogP contribution in [0.25, 0.3) is 5.65 Å². The summed E-state index contributed by atoms with van der Waals surface area (Å²) in [4.78, 5) is 17.5. The lowest BCUT2D eigenvalue weighted by Crippen LogP contribution is -2.31. The Labute approximate surface area is 171 Å². The summed E-state index contributed by atoms with van der Waals surface area (Å²) in [5, 5.41) is 7.43. The van der Waals surface area contributed by atoms with Gasteiger partial charge in [0.1, 0.15) is 5.56 Å². The van der Waals surface area contributed by atoms with Gasteiger partial charge in [-0.15, -0.1) is 0 Å². The Morgan fingerprint density at radius 3 is 2.86 bits per heavy atom. The average molecular weight is 393 g/mol. The summed E-state index contributed by atoms with van der Waals surface area (Å²) in [5.41, 5.74) is 8.03. The van der Waals surface area contributed by atoms with E-state index in [1.807, 2.05) is 13.8 Å². The number of fused-ring (bicyclic) bond motifs is 1. The number of aromatic nitrogens is 3. The fraction of sp³-hybridized carbons (Fsp3) is 0.435. The molecule has 1 amide bonds. The third-order valence-corrected chi connectivity index (χ3v) is 5.84. The molecule has 1 aliphatic rings. The molecule has 6 nitrogen and oxygen atoms in total. The highest BCUT2D eigenvalue weighted by Gasteiger charge is 2.21. The van der Waals surface area contributed by atoms with E-state index in [0.717, 1.165) is 42.8 Å². The van der Waals surface area contributed by atoms with Crippen molar-refractivity contribution in [1.29, 1.82) is 0 Å². The summed E-state index contributed by atoms with van der Waals surface area (Å²) in [7, 11) is 0. The largest absolute Gasteiger partial charge is 0.376 e. The molecular weight excluding hydrogens is 364 g/mol. The lowest BCUT2D eigenvalue weighted by atomic mass is 9.97. The first-order valence-electron chi connectivity index (χ1n) is 10.2. The summed E-state index contributed by atoms with van der Waals surface area (Å²) in [6.07, 6.45) is 4.57. The van der Waals surface area contributed by atoms with Gasteiger partial charge in [0.05, 0.1) is 12.3 Å². The van der Waals surface area contributed by atoms with Gasteiger partial charge >= 0.3 is 0 Å². The minimum absolute atomic E-state index is 0.112. The predicted octanol–water partition coefficient (Wildman–Crippen LogP) is 3.46. The van der Waals surface area contributed by atoms with Crippen molar-refractivity contribution in [1.82, 2.24) is 19.9 Å². The standard InChI is InChI=1S/C23H28N4O2/c1-14-7-8-15(2)18(10-14)11-20-16(3)26-22-21(13-25-27(22)17(20)4)23(28)24-12-19-6-5-9-29-19/h7-8,10,13,19H,5-6,9,11-12H2,1-4H3,(H,24,28)/t19-/m1/s1. The van der Waals surface area contributed by atoms with Gasteiger partial charge in [-0.05, 0) is 57.2 Å². The maximum Gasteiger partial charge on any atom is 0.256 e. The molecule has 0 spiro atoms. The molecule has 0 aliphatic carbocycles. The third kappa shape index (κ3) is 3.90. The maximum absolute atomic E-state index is 12.7. The van der Waals surface area contributed by atoms with Crippen LogP contribution in [-0.4, -0.2) is 39.8 Å². The molecular formula is C23H28N4O2. The number of amides is 1. The first-order chi connectivity index (χ1) is 13.9. The van der Waals surface area contributed by atoms with Gasteiger partial charge < -0.3 is 10.1 Å². The lowest BCUT2D eigenvalue weighted by Gasteiger charge is -2.14. The van der Waals surface area contributed by atoms with Crippen molar-refractivity contribution in [3.05, 3.63) is 63.6 Å². The number of carbonyl (C=O) groups is 1. The van der Waals surface area contributed by atoms with Crippen LogP contribution in [0, 0.1) is 27.7 Å². The molecule has 4 rings (SSSR count). The Morgan fingerprint density at radius 2 is 2.10 bits per heavy atom. The molecule has 0 saturated carbocycles. The quantitative estimate of drug-likeness (QED) is 0.722. The van der Waals surface area contributed by atoms with E-state index in [9.17, 15) is 4.79 Å². The molecule has 1 aromatic carbocycles. The summed E-state index contributed by atoms with van der Waals surface area (Å²) in [6.45, 7) is 9.60. The van der Waals surface area contributed by atoms with Crippen molar-refractivity contribution in [3.8, 4) is 0 Å². The van der Waals surface area contributed by atoms with Crippen molar-refractivity contribution in [2.75, 3.05) is 13.2 Å². The van der Waals surface area contributed by atoms with Crippen LogP contribution in [0.4, 0.5) is 0 Å². The van der Waals surface area contributed by atoms with Crippen LogP contribution < -0.4 is 5.32 Å². The van der Waals surface area contributed by atoms with Crippen molar-refractivity contribution in [2.24, 2.45) is 0 Å². The number of carbonyl (C=O) groups excluding carboxylic acids is 1. The van der Waals surface area contributed by atoms with Crippen LogP contribution in [-0.2, 0) is 11.2 Å². The highest BCUT2D eigenvalue weighted by atomic mass is 16.5. The molecule has 0 unspecified atom stereocenters. The molecule has 0 bridgehead atoms. The van der Waals surface area contributed by atoms with Crippen LogP contribution in [0.1, 0.15) is 56.8 Å². The third-order valence-electron chi connectivity index (χ3n) is 5.84. The number of rotatable bonds is 5. The molecule has 1 aliphatic heterocycles. The zero-order valence-electron chi connectivity index (χ0n) is 17.6. The van der Waals surface area contributed by atoms with Gasteiger partial charge in [-0.2, -0.15) is 5.10 Å². The van der Waals surface area contributed by atoms with E-state index in [1.54, 1.807) is 10.7 Å². The van der Waals surface area contributed by atoms with Gasteiger partial charge in [0.2, 0.25) is 0 Å². The fourth-order valence-electron chi connectivity index (χ4n) is 4.02. The fourth-order valence-corrected chi connectivity index (χ4v) is 4.02. The molecule has 2 aromatic heterocycles. The van der Waals surface area contributed by atoms with Crippen LogP contribution in [0.15, 0.2) is 24.4 Å². The van der Waals surface area contributed by atoms with Gasteiger partial charge in [-0.25, -0.2) is 9.50 Å². The highest BCUT2D eigenvalue weighted by molar-refractivity contribution is 5.99. The molecule has 1 N–H and O–H groups in total. The van der Waals surface area contributed by atoms with Crippen LogP contribution in [0.3, 0.4) is 0 Å². The Balaban J connectivity index is 1.62. The maximum atomic E-state index is 12.7. The van der Waals surface area contributed by atoms with Gasteiger partial charge in [0.15, 0.2) is 5.65 Å². The highest BCUT2D eigenvalue weighted by Crippen LogP contribution is 2.22. The minimum atomic E-state index is -0.149. The van der Waals surface area contributed by atoms with Crippen LogP contribution in [0.2, 0.25) is 0 Å². The van der Waals surface area contributed by atoms with Crippen molar-refractivity contribution < 1.29 is 9.53 Å². The molecule has 1 fully saturated rings. The first-order valence-corrected chi connectivity index (χ1v) is 10.2. The van der Waals surface area contributed by atoms with Crippen LogP contribution >= 0.6 is 0 Å². The van der Waals surface area contributed by atoms with Gasteiger partial charge in [0, 0.05) is 31.0 Å². The van der Waals surface area contributed by atoms with Crippen molar-refractivity contribution >= 4 is 11.6 Å². The number of nitrogens with zero attached hydrogens (tertiary/aromatic N) is 3. The number of hydrogen-bond donors (Lipinski definition) is 1. The Bertz CT molecular complexity index is 1060. The topological polar surface area (TPSA) is 68.5 Å². The number of hydrogen-bond acceptors (Lipinski definition) is 4. The monoisotopic (exact) mass is 392 g/mol. The number of nitrogens with one attached hydrogen (secondary N) is 1. The van der Waals surface area contributed by atoms with E-state index in [2.05, 4.69) is 42.5 Å². The second-order valence-corrected chi connectivity index (χ2v) is 8.01. The van der Waals surface area contributed by atoms with E-state index in [4.69, 9.17) is 9.72 Å². The summed E-state index contributed by atoms with van der Waals surface area (Å²) < 4.78 is 7.37. The molecule has 3 heterocycles. The second-order valence-electron chi connectivity index (χ2n) is 8.01. The van der Waals surface area contributed by atoms with Gasteiger partial charge in [0.25, 0.3) is 5.91 Å². The Hall–Kier alpha value is -2.73. The van der Waals surface area contributed by atoms with Crippen LogP contribution in [0.5, 0.6) is 0 Å². The molecule has 0 radical (unpaired) electrons. The van der Waals surface area contributed by atoms with E-state index in [0.29, 0.717) is 17.8 Å². The van der Waals surface area contributed by atoms with E-state index < -0.39 is 0 Å². The number of benzene rings is 1. The summed E-state index contributed by atoms with van der Waals surface area (Å²) >= 11 is 0. The molecule has 1 atom stereocenters.